The number of ether oxygens (including phenoxy) is 8. The molecular formula is C61H74N2O15S2. The van der Waals surface area contributed by atoms with Crippen LogP contribution in [0.4, 0.5) is 0 Å². The topological polar surface area (TPSA) is 221 Å². The highest BCUT2D eigenvalue weighted by molar-refractivity contribution is 8.24. The van der Waals surface area contributed by atoms with Crippen molar-refractivity contribution in [2.75, 3.05) is 26.4 Å². The Bertz CT molecular complexity index is 2640. The number of hydrogen-bond acceptors (Lipinski definition) is 18. The fourth-order valence-electron chi connectivity index (χ4n) is 9.94. The third-order valence-corrected chi connectivity index (χ3v) is 17.2. The van der Waals surface area contributed by atoms with E-state index in [9.17, 15) is 38.8 Å². The molecule has 0 unspecified atom stereocenters. The van der Waals surface area contributed by atoms with Crippen LogP contribution in [0.1, 0.15) is 165 Å². The lowest BCUT2D eigenvalue weighted by atomic mass is 9.82. The molecule has 3 saturated carbocycles. The maximum atomic E-state index is 14.1. The summed E-state index contributed by atoms with van der Waals surface area (Å²) in [5.74, 6) is -3.19. The fourth-order valence-corrected chi connectivity index (χ4v) is 12.4. The van der Waals surface area contributed by atoms with Crippen LogP contribution in [-0.2, 0) is 57.9 Å². The van der Waals surface area contributed by atoms with Gasteiger partial charge in [-0.15, -0.1) is 0 Å². The first kappa shape index (κ1) is 62.6. The summed E-state index contributed by atoms with van der Waals surface area (Å²) in [6.07, 6.45) is 13.8. The minimum Gasteiger partial charge on any atom is -0.494 e. The zero-order valence-electron chi connectivity index (χ0n) is 46.2. The predicted molar refractivity (Wildman–Crippen MR) is 298 cm³/mol. The van der Waals surface area contributed by atoms with Crippen molar-refractivity contribution in [3.05, 3.63) is 88.1 Å². The minimum atomic E-state index is -0.624. The van der Waals surface area contributed by atoms with Crippen LogP contribution in [0.5, 0.6) is 17.2 Å². The van der Waals surface area contributed by atoms with E-state index in [-0.39, 0.29) is 47.1 Å². The molecule has 2 aromatic rings. The molecule has 0 N–H and O–H groups in total. The number of fused-ring (bicyclic) bond motifs is 1. The Kier molecular flexibility index (Phi) is 24.6. The van der Waals surface area contributed by atoms with Gasteiger partial charge in [-0.2, -0.15) is 0 Å². The van der Waals surface area contributed by atoms with Gasteiger partial charge in [-0.05, 0) is 164 Å². The summed E-state index contributed by atoms with van der Waals surface area (Å²) >= 11 is 2.25. The standard InChI is InChI=1S/C61H74N2O15S2/c1-7-50(64)72-34-14-10-9-13-33-71-44-27-21-41(22-28-44)57(68)76-46-31-25-43(26-32-46)59(70)78-52-47(61(3,4)5)37-49(53-54(52)80-60(79-53)48(38-62)63-6)77-58(69)42-23-29-45(30-24-42)75-56(67)40-19-17-39(18-20-40)55(66)74-36-16-12-11-15-35-73-51(65)8-2/h7-8,21-22,27-28,37,39-40,42-43,45-46H,1-2,9-20,23-26,29-36H2,3-5H3/b60-48+. The molecule has 3 aliphatic carbocycles. The number of unbranched alkanes of at least 4 members (excludes halogenated alkanes) is 6. The maximum Gasteiger partial charge on any atom is 0.338 e. The van der Waals surface area contributed by atoms with Gasteiger partial charge in [0.15, 0.2) is 0 Å². The molecule has 1 aliphatic heterocycles. The van der Waals surface area contributed by atoms with Crippen LogP contribution in [0, 0.1) is 41.6 Å². The van der Waals surface area contributed by atoms with Gasteiger partial charge in [0.1, 0.15) is 29.5 Å². The SMILES string of the molecule is [C-]#[N+]/C(C#N)=C1\Sc2c(OC(=O)C3CCC(OC(=O)C4CCC(C(=O)OCCCCCCOC(=O)C=C)CC4)CC3)cc(C(C)(C)C)c(OC(=O)C3CCC(OC(=O)c4ccc(OCCCCCCOC(=O)C=C)cc4)CC3)c2S1. The molecule has 430 valence electrons. The van der Waals surface area contributed by atoms with Gasteiger partial charge in [-0.25, -0.2) is 24.5 Å². The highest BCUT2D eigenvalue weighted by Crippen LogP contribution is 2.61. The number of nitrogens with zero attached hydrogens (tertiary/aromatic N) is 2. The molecule has 4 aliphatic rings. The second-order valence-electron chi connectivity index (χ2n) is 21.5. The second-order valence-corrected chi connectivity index (χ2v) is 23.8. The number of thioether (sulfide) groups is 2. The van der Waals surface area contributed by atoms with Gasteiger partial charge in [0, 0.05) is 17.7 Å². The molecule has 0 saturated heterocycles. The van der Waals surface area contributed by atoms with Gasteiger partial charge >= 0.3 is 41.8 Å². The Hall–Kier alpha value is -6.57. The van der Waals surface area contributed by atoms with Crippen LogP contribution in [-0.4, -0.2) is 80.4 Å². The van der Waals surface area contributed by atoms with Crippen molar-refractivity contribution in [2.24, 2.45) is 23.7 Å². The summed E-state index contributed by atoms with van der Waals surface area (Å²) in [5.41, 5.74) is 0.213. The number of allylic oxidation sites excluding steroid dienone is 1. The van der Waals surface area contributed by atoms with Gasteiger partial charge < -0.3 is 37.9 Å². The Morgan fingerprint density at radius 3 is 1.59 bits per heavy atom. The van der Waals surface area contributed by atoms with E-state index in [1.165, 1.54) is 0 Å². The van der Waals surface area contributed by atoms with Crippen molar-refractivity contribution in [1.82, 2.24) is 0 Å². The first-order chi connectivity index (χ1) is 38.5. The molecule has 0 aromatic heterocycles. The number of nitriles is 1. The molecule has 0 radical (unpaired) electrons. The summed E-state index contributed by atoms with van der Waals surface area (Å²) in [7, 11) is 0. The first-order valence-corrected chi connectivity index (χ1v) is 29.6. The normalized spacial score (nSPS) is 21.2. The van der Waals surface area contributed by atoms with Crippen molar-refractivity contribution in [3.63, 3.8) is 0 Å². The Labute approximate surface area is 478 Å². The molecule has 80 heavy (non-hydrogen) atoms. The largest absolute Gasteiger partial charge is 0.494 e. The molecule has 17 nitrogen and oxygen atoms in total. The van der Waals surface area contributed by atoms with Gasteiger partial charge in [0.25, 0.3) is 5.70 Å². The summed E-state index contributed by atoms with van der Waals surface area (Å²) in [5, 5.41) is 9.88. The first-order valence-electron chi connectivity index (χ1n) is 27.9. The van der Waals surface area contributed by atoms with Gasteiger partial charge in [-0.1, -0.05) is 57.5 Å². The van der Waals surface area contributed by atoms with Crippen molar-refractivity contribution in [2.45, 2.75) is 177 Å². The molecule has 0 bridgehead atoms. The third kappa shape index (κ3) is 18.8. The zero-order chi connectivity index (χ0) is 57.6. The van der Waals surface area contributed by atoms with E-state index < -0.39 is 53.2 Å². The van der Waals surface area contributed by atoms with Crippen molar-refractivity contribution in [1.29, 1.82) is 5.26 Å². The molecule has 6 rings (SSSR count). The van der Waals surface area contributed by atoms with Crippen LogP contribution in [0.3, 0.4) is 0 Å². The van der Waals surface area contributed by atoms with E-state index in [0.717, 1.165) is 80.6 Å². The van der Waals surface area contributed by atoms with E-state index in [1.807, 2.05) is 26.8 Å². The highest BCUT2D eigenvalue weighted by atomic mass is 32.2. The summed E-state index contributed by atoms with van der Waals surface area (Å²) in [6, 6.07) is 10.4. The summed E-state index contributed by atoms with van der Waals surface area (Å²) < 4.78 is 46.0. The average Bonchev–Trinajstić information content (AvgIpc) is 4.01. The van der Waals surface area contributed by atoms with Crippen molar-refractivity contribution < 1.29 is 71.5 Å². The van der Waals surface area contributed by atoms with Crippen LogP contribution in [0.25, 0.3) is 4.85 Å². The van der Waals surface area contributed by atoms with Crippen molar-refractivity contribution >= 4 is 65.3 Å². The lowest BCUT2D eigenvalue weighted by Crippen LogP contribution is -2.33. The predicted octanol–water partition coefficient (Wildman–Crippen LogP) is 12.4. The molecule has 0 amide bonds. The van der Waals surface area contributed by atoms with Crippen LogP contribution in [0.15, 0.2) is 75.4 Å². The van der Waals surface area contributed by atoms with Crippen LogP contribution >= 0.6 is 23.5 Å². The number of carbonyl (C=O) groups excluding carboxylic acids is 7. The Morgan fingerprint density at radius 2 is 1.07 bits per heavy atom. The Balaban J connectivity index is 0.969. The van der Waals surface area contributed by atoms with Crippen molar-refractivity contribution in [3.8, 4) is 23.3 Å². The van der Waals surface area contributed by atoms with E-state index in [0.29, 0.717) is 141 Å². The summed E-state index contributed by atoms with van der Waals surface area (Å²) in [6.45, 7) is 21.8. The number of hydrogen-bond donors (Lipinski definition) is 0. The smallest absolute Gasteiger partial charge is 0.338 e. The van der Waals surface area contributed by atoms with Gasteiger partial charge in [-0.3, -0.25) is 19.2 Å². The van der Waals surface area contributed by atoms with Crippen LogP contribution < -0.4 is 14.2 Å². The van der Waals surface area contributed by atoms with E-state index in [2.05, 4.69) is 18.0 Å². The van der Waals surface area contributed by atoms with Gasteiger partial charge in [0.05, 0.1) is 82.3 Å². The number of carbonyl (C=O) groups is 7. The third-order valence-electron chi connectivity index (χ3n) is 14.6. The fraction of sp³-hybridized carbons (Fsp3) is 0.557. The maximum absolute atomic E-state index is 14.1. The average molecular weight is 1140 g/mol. The molecule has 3 fully saturated rings. The van der Waals surface area contributed by atoms with E-state index >= 15 is 0 Å². The highest BCUT2D eigenvalue weighted by Gasteiger charge is 2.39. The molecule has 19 heteroatoms. The minimum absolute atomic E-state index is 0.143. The lowest BCUT2D eigenvalue weighted by molar-refractivity contribution is -0.160. The second kappa shape index (κ2) is 31.4. The summed E-state index contributed by atoms with van der Waals surface area (Å²) in [4.78, 5) is 93.9. The molecular weight excluding hydrogens is 1060 g/mol. The number of rotatable bonds is 26. The van der Waals surface area contributed by atoms with Crippen LogP contribution in [0.2, 0.25) is 0 Å². The molecule has 1 heterocycles. The monoisotopic (exact) mass is 1140 g/mol. The number of benzene rings is 2. The van der Waals surface area contributed by atoms with E-state index in [4.69, 9.17) is 44.5 Å². The molecule has 0 atom stereocenters. The Morgan fingerprint density at radius 1 is 0.613 bits per heavy atom. The lowest BCUT2D eigenvalue weighted by Gasteiger charge is -2.31. The van der Waals surface area contributed by atoms with E-state index in [1.54, 1.807) is 30.3 Å². The molecule has 2 aromatic carbocycles. The zero-order valence-corrected chi connectivity index (χ0v) is 47.9. The molecule has 0 spiro atoms. The quantitative estimate of drug-likeness (QED) is 0.0162. The van der Waals surface area contributed by atoms with Gasteiger partial charge in [0.2, 0.25) is 0 Å². The number of esters is 7.